The summed E-state index contributed by atoms with van der Waals surface area (Å²) in [6, 6.07) is 17.2. The van der Waals surface area contributed by atoms with Crippen molar-refractivity contribution in [1.82, 2.24) is 10.2 Å². The van der Waals surface area contributed by atoms with Crippen LogP contribution in [0.25, 0.3) is 11.3 Å². The molecule has 1 saturated carbocycles. The van der Waals surface area contributed by atoms with Gasteiger partial charge in [-0.05, 0) is 30.5 Å². The normalized spacial score (nSPS) is 13.6. The predicted molar refractivity (Wildman–Crippen MR) is 99.8 cm³/mol. The molecule has 1 fully saturated rings. The third kappa shape index (κ3) is 3.59. The van der Waals surface area contributed by atoms with Gasteiger partial charge in [0.15, 0.2) is 0 Å². The molecule has 25 heavy (non-hydrogen) atoms. The van der Waals surface area contributed by atoms with Crippen molar-refractivity contribution in [3.05, 3.63) is 70.9 Å². The number of halogens is 1. The summed E-state index contributed by atoms with van der Waals surface area (Å²) in [5.41, 5.74) is 4.50. The topological polar surface area (TPSA) is 57.8 Å². The largest absolute Gasteiger partial charge is 0.322 e. The van der Waals surface area contributed by atoms with E-state index in [2.05, 4.69) is 15.5 Å². The maximum Gasteiger partial charge on any atom is 0.228 e. The number of nitrogens with one attached hydrogen (secondary N) is 2. The highest BCUT2D eigenvalue weighted by Crippen LogP contribution is 2.45. The summed E-state index contributed by atoms with van der Waals surface area (Å²) in [6.45, 7) is 0. The van der Waals surface area contributed by atoms with Crippen LogP contribution in [0.2, 0.25) is 5.02 Å². The van der Waals surface area contributed by atoms with Gasteiger partial charge in [-0.3, -0.25) is 9.89 Å². The number of carbonyl (C=O) groups excluding carboxylic acids is 1. The molecule has 1 aromatic heterocycles. The standard InChI is InChI=1S/C20H18ClN3O/c21-16-10-8-15(9-11-16)19-20(18(23-24-19)14-6-7-14)22-17(25)12-13-4-2-1-3-5-13/h1-5,8-11,14H,6-7,12H2,(H,22,25)(H,23,24). The molecular formula is C20H18ClN3O. The molecule has 126 valence electrons. The van der Waals surface area contributed by atoms with Crippen LogP contribution in [0.1, 0.15) is 30.0 Å². The molecular weight excluding hydrogens is 334 g/mol. The molecule has 1 aliphatic rings. The molecule has 5 heteroatoms. The van der Waals surface area contributed by atoms with Crippen molar-refractivity contribution in [3.8, 4) is 11.3 Å². The zero-order chi connectivity index (χ0) is 17.2. The van der Waals surface area contributed by atoms with Crippen LogP contribution in [0, 0.1) is 0 Å². The minimum atomic E-state index is -0.0373. The Bertz CT molecular complexity index is 883. The highest BCUT2D eigenvalue weighted by Gasteiger charge is 2.30. The molecule has 2 aromatic carbocycles. The molecule has 1 aliphatic carbocycles. The Hall–Kier alpha value is -2.59. The number of hydrogen-bond donors (Lipinski definition) is 2. The van der Waals surface area contributed by atoms with E-state index in [9.17, 15) is 4.79 Å². The number of H-pyrrole nitrogens is 1. The first-order valence-corrected chi connectivity index (χ1v) is 8.76. The van der Waals surface area contributed by atoms with Gasteiger partial charge in [-0.2, -0.15) is 5.10 Å². The lowest BCUT2D eigenvalue weighted by atomic mass is 10.1. The highest BCUT2D eigenvalue weighted by atomic mass is 35.5. The van der Waals surface area contributed by atoms with Crippen LogP contribution in [0.5, 0.6) is 0 Å². The smallest absolute Gasteiger partial charge is 0.228 e. The van der Waals surface area contributed by atoms with Crippen LogP contribution in [0.3, 0.4) is 0 Å². The molecule has 0 unspecified atom stereocenters. The van der Waals surface area contributed by atoms with Gasteiger partial charge in [0.1, 0.15) is 5.69 Å². The molecule has 1 heterocycles. The highest BCUT2D eigenvalue weighted by molar-refractivity contribution is 6.30. The molecule has 0 radical (unpaired) electrons. The fourth-order valence-corrected chi connectivity index (χ4v) is 3.06. The third-order valence-corrected chi connectivity index (χ3v) is 4.62. The number of hydrogen-bond acceptors (Lipinski definition) is 2. The van der Waals surface area contributed by atoms with E-state index in [-0.39, 0.29) is 5.91 Å². The fourth-order valence-electron chi connectivity index (χ4n) is 2.93. The van der Waals surface area contributed by atoms with Gasteiger partial charge >= 0.3 is 0 Å². The van der Waals surface area contributed by atoms with Gasteiger partial charge in [-0.15, -0.1) is 0 Å². The van der Waals surface area contributed by atoms with E-state index in [1.165, 1.54) is 0 Å². The van der Waals surface area contributed by atoms with E-state index in [0.717, 1.165) is 41.0 Å². The van der Waals surface area contributed by atoms with Gasteiger partial charge in [0.25, 0.3) is 0 Å². The van der Waals surface area contributed by atoms with Crippen LogP contribution >= 0.6 is 11.6 Å². The van der Waals surface area contributed by atoms with Gasteiger partial charge in [-0.1, -0.05) is 54.1 Å². The average molecular weight is 352 g/mol. The molecule has 0 atom stereocenters. The lowest BCUT2D eigenvalue weighted by molar-refractivity contribution is -0.115. The van der Waals surface area contributed by atoms with E-state index in [0.29, 0.717) is 17.4 Å². The molecule has 0 aliphatic heterocycles. The zero-order valence-corrected chi connectivity index (χ0v) is 14.4. The summed E-state index contributed by atoms with van der Waals surface area (Å²) < 4.78 is 0. The quantitative estimate of drug-likeness (QED) is 0.694. The number of carbonyl (C=O) groups is 1. The summed E-state index contributed by atoms with van der Waals surface area (Å²) >= 11 is 5.98. The second kappa shape index (κ2) is 6.73. The van der Waals surface area contributed by atoms with Crippen molar-refractivity contribution in [3.63, 3.8) is 0 Å². The van der Waals surface area contributed by atoms with Crippen LogP contribution < -0.4 is 5.32 Å². The van der Waals surface area contributed by atoms with E-state index < -0.39 is 0 Å². The van der Waals surface area contributed by atoms with Crippen LogP contribution in [-0.4, -0.2) is 16.1 Å². The van der Waals surface area contributed by atoms with Crippen LogP contribution in [0.15, 0.2) is 54.6 Å². The van der Waals surface area contributed by atoms with Crippen molar-refractivity contribution < 1.29 is 4.79 Å². The van der Waals surface area contributed by atoms with Gasteiger partial charge in [0.05, 0.1) is 17.8 Å². The van der Waals surface area contributed by atoms with E-state index in [1.54, 1.807) is 0 Å². The summed E-state index contributed by atoms with van der Waals surface area (Å²) in [6.07, 6.45) is 2.60. The second-order valence-corrected chi connectivity index (χ2v) is 6.79. The van der Waals surface area contributed by atoms with E-state index in [1.807, 2.05) is 54.6 Å². The first-order chi connectivity index (χ1) is 12.2. The Morgan fingerprint density at radius 3 is 2.52 bits per heavy atom. The first kappa shape index (κ1) is 15.9. The Morgan fingerprint density at radius 2 is 1.84 bits per heavy atom. The number of benzene rings is 2. The number of amides is 1. The Kier molecular flexibility index (Phi) is 4.28. The fraction of sp³-hybridized carbons (Fsp3) is 0.200. The van der Waals surface area contributed by atoms with Gasteiger partial charge in [0.2, 0.25) is 5.91 Å². The molecule has 4 rings (SSSR count). The molecule has 0 bridgehead atoms. The Balaban J connectivity index is 1.62. The Morgan fingerprint density at radius 1 is 1.12 bits per heavy atom. The summed E-state index contributed by atoms with van der Waals surface area (Å²) in [5.74, 6) is 0.422. The van der Waals surface area contributed by atoms with E-state index in [4.69, 9.17) is 11.6 Å². The monoisotopic (exact) mass is 351 g/mol. The maximum atomic E-state index is 12.5. The van der Waals surface area contributed by atoms with E-state index >= 15 is 0 Å². The first-order valence-electron chi connectivity index (χ1n) is 8.38. The second-order valence-electron chi connectivity index (χ2n) is 6.35. The molecule has 2 N–H and O–H groups in total. The lowest BCUT2D eigenvalue weighted by Crippen LogP contribution is -2.15. The van der Waals surface area contributed by atoms with Crippen molar-refractivity contribution >= 4 is 23.2 Å². The number of aromatic amines is 1. The third-order valence-electron chi connectivity index (χ3n) is 4.37. The molecule has 3 aromatic rings. The van der Waals surface area contributed by atoms with Crippen LogP contribution in [-0.2, 0) is 11.2 Å². The summed E-state index contributed by atoms with van der Waals surface area (Å²) in [7, 11) is 0. The zero-order valence-electron chi connectivity index (χ0n) is 13.6. The maximum absolute atomic E-state index is 12.5. The predicted octanol–water partition coefficient (Wildman–Crippen LogP) is 4.79. The lowest BCUT2D eigenvalue weighted by Gasteiger charge is -2.09. The summed E-state index contributed by atoms with van der Waals surface area (Å²) in [4.78, 5) is 12.5. The minimum Gasteiger partial charge on any atom is -0.322 e. The van der Waals surface area contributed by atoms with Crippen molar-refractivity contribution in [2.24, 2.45) is 0 Å². The number of rotatable bonds is 5. The molecule has 1 amide bonds. The Labute approximate surface area is 151 Å². The molecule has 0 saturated heterocycles. The minimum absolute atomic E-state index is 0.0373. The molecule has 0 spiro atoms. The van der Waals surface area contributed by atoms with Crippen molar-refractivity contribution in [1.29, 1.82) is 0 Å². The number of nitrogens with zero attached hydrogens (tertiary/aromatic N) is 1. The molecule has 4 nitrogen and oxygen atoms in total. The van der Waals surface area contributed by atoms with Gasteiger partial charge < -0.3 is 5.32 Å². The van der Waals surface area contributed by atoms with Gasteiger partial charge in [-0.25, -0.2) is 0 Å². The average Bonchev–Trinajstić information content (AvgIpc) is 3.38. The van der Waals surface area contributed by atoms with Crippen LogP contribution in [0.4, 0.5) is 5.69 Å². The number of aromatic nitrogens is 2. The summed E-state index contributed by atoms with van der Waals surface area (Å²) in [5, 5.41) is 11.3. The SMILES string of the molecule is O=C(Cc1ccccc1)Nc1c(-c2ccc(Cl)cc2)n[nH]c1C1CC1. The number of anilines is 1. The van der Waals surface area contributed by atoms with Crippen molar-refractivity contribution in [2.75, 3.05) is 5.32 Å². The van der Waals surface area contributed by atoms with Crippen molar-refractivity contribution in [2.45, 2.75) is 25.2 Å². The van der Waals surface area contributed by atoms with Gasteiger partial charge in [0, 0.05) is 16.5 Å².